The van der Waals surface area contributed by atoms with Crippen LogP contribution in [0.1, 0.15) is 5.76 Å². The summed E-state index contributed by atoms with van der Waals surface area (Å²) in [6, 6.07) is 14.2. The Balaban J connectivity index is 1.62. The monoisotopic (exact) mass is 449 g/mol. The van der Waals surface area contributed by atoms with Crippen LogP contribution in [0.4, 0.5) is 10.1 Å². The molecule has 4 rings (SSSR count). The number of carbonyl (C=O) groups is 1. The van der Waals surface area contributed by atoms with Crippen molar-refractivity contribution in [1.29, 1.82) is 0 Å². The highest BCUT2D eigenvalue weighted by Gasteiger charge is 2.33. The van der Waals surface area contributed by atoms with Crippen molar-refractivity contribution >= 4 is 69.2 Å². The highest BCUT2D eigenvalue weighted by molar-refractivity contribution is 8.27. The predicted molar refractivity (Wildman–Crippen MR) is 116 cm³/mol. The molecule has 0 bridgehead atoms. The van der Waals surface area contributed by atoms with Gasteiger partial charge in [-0.15, -0.1) is 0 Å². The lowest BCUT2D eigenvalue weighted by Gasteiger charge is -2.14. The molecule has 8 heteroatoms. The average molecular weight is 450 g/mol. The van der Waals surface area contributed by atoms with E-state index in [0.717, 1.165) is 11.8 Å². The average Bonchev–Trinajstić information content (AvgIpc) is 3.23. The van der Waals surface area contributed by atoms with Crippen LogP contribution in [-0.2, 0) is 4.79 Å². The number of carbonyl (C=O) groups excluding carboxylic acids is 1. The van der Waals surface area contributed by atoms with Crippen molar-refractivity contribution in [3.63, 3.8) is 0 Å². The van der Waals surface area contributed by atoms with Crippen molar-refractivity contribution in [2.45, 2.75) is 0 Å². The molecular weight excluding hydrogens is 440 g/mol. The maximum atomic E-state index is 13.1. The van der Waals surface area contributed by atoms with E-state index in [4.69, 9.17) is 39.8 Å². The molecule has 1 fully saturated rings. The molecule has 1 aromatic heterocycles. The maximum absolute atomic E-state index is 13.1. The van der Waals surface area contributed by atoms with E-state index in [1.54, 1.807) is 36.4 Å². The van der Waals surface area contributed by atoms with Gasteiger partial charge in [-0.25, -0.2) is 4.39 Å². The molecule has 1 saturated heterocycles. The lowest BCUT2D eigenvalue weighted by atomic mass is 10.2. The lowest BCUT2D eigenvalue weighted by Crippen LogP contribution is -2.27. The van der Waals surface area contributed by atoms with Crippen molar-refractivity contribution < 1.29 is 13.6 Å². The number of furan rings is 1. The Kier molecular flexibility index (Phi) is 5.29. The van der Waals surface area contributed by atoms with Gasteiger partial charge in [-0.2, -0.15) is 0 Å². The van der Waals surface area contributed by atoms with Crippen LogP contribution in [0.2, 0.25) is 10.0 Å². The van der Waals surface area contributed by atoms with Gasteiger partial charge in [-0.1, -0.05) is 47.2 Å². The van der Waals surface area contributed by atoms with E-state index in [-0.39, 0.29) is 11.7 Å². The molecule has 0 aliphatic carbocycles. The number of amides is 1. The molecule has 1 aliphatic heterocycles. The highest BCUT2D eigenvalue weighted by Crippen LogP contribution is 2.37. The highest BCUT2D eigenvalue weighted by atomic mass is 35.5. The Hall–Kier alpha value is -2.12. The number of thiocarbonyl (C=S) groups is 1. The van der Waals surface area contributed by atoms with E-state index in [0.29, 0.717) is 42.0 Å². The molecule has 0 atom stereocenters. The summed E-state index contributed by atoms with van der Waals surface area (Å²) in [5.41, 5.74) is 1.17. The zero-order valence-electron chi connectivity index (χ0n) is 14.0. The van der Waals surface area contributed by atoms with Crippen molar-refractivity contribution in [1.82, 2.24) is 0 Å². The molecule has 1 aliphatic rings. The van der Waals surface area contributed by atoms with Crippen molar-refractivity contribution in [3.05, 3.63) is 81.1 Å². The smallest absolute Gasteiger partial charge is 0.270 e. The number of hydrogen-bond donors (Lipinski definition) is 0. The van der Waals surface area contributed by atoms with E-state index < -0.39 is 0 Å². The van der Waals surface area contributed by atoms with E-state index in [2.05, 4.69) is 0 Å². The number of halogens is 3. The summed E-state index contributed by atoms with van der Waals surface area (Å²) in [4.78, 5) is 14.5. The molecule has 3 nitrogen and oxygen atoms in total. The second-order valence-electron chi connectivity index (χ2n) is 5.82. The van der Waals surface area contributed by atoms with Gasteiger partial charge >= 0.3 is 0 Å². The largest absolute Gasteiger partial charge is 0.457 e. The molecule has 2 heterocycles. The fourth-order valence-electron chi connectivity index (χ4n) is 2.67. The molecule has 0 spiro atoms. The molecule has 0 unspecified atom stereocenters. The summed E-state index contributed by atoms with van der Waals surface area (Å²) in [7, 11) is 0. The molecule has 1 amide bonds. The van der Waals surface area contributed by atoms with Gasteiger partial charge in [0.1, 0.15) is 17.3 Å². The Morgan fingerprint density at radius 2 is 1.82 bits per heavy atom. The van der Waals surface area contributed by atoms with Crippen LogP contribution in [0.25, 0.3) is 17.4 Å². The molecule has 0 saturated carbocycles. The van der Waals surface area contributed by atoms with Gasteiger partial charge in [0.15, 0.2) is 4.32 Å². The minimum absolute atomic E-state index is 0.291. The number of rotatable bonds is 3. The summed E-state index contributed by atoms with van der Waals surface area (Å²) in [5.74, 6) is 0.339. The maximum Gasteiger partial charge on any atom is 0.270 e. The zero-order chi connectivity index (χ0) is 19.8. The standard InChI is InChI=1S/C20H10Cl2FNO2S2/c21-11-1-7-16(22)15(9-11)17-8-6-14(26-17)10-18-19(25)24(20(27)28-18)13-4-2-12(23)3-5-13/h1-10H/b18-10+. The van der Waals surface area contributed by atoms with Gasteiger partial charge in [0.25, 0.3) is 5.91 Å². The first kappa shape index (κ1) is 19.2. The number of benzene rings is 2. The molecule has 0 N–H and O–H groups in total. The molecule has 140 valence electrons. The Morgan fingerprint density at radius 3 is 2.57 bits per heavy atom. The topological polar surface area (TPSA) is 33.5 Å². The lowest BCUT2D eigenvalue weighted by molar-refractivity contribution is -0.113. The molecule has 2 aromatic carbocycles. The van der Waals surface area contributed by atoms with Gasteiger partial charge in [-0.05, 0) is 54.6 Å². The van der Waals surface area contributed by atoms with Crippen molar-refractivity contribution in [3.8, 4) is 11.3 Å². The quantitative estimate of drug-likeness (QED) is 0.325. The molecular formula is C20H10Cl2FNO2S2. The zero-order valence-corrected chi connectivity index (χ0v) is 17.1. The number of hydrogen-bond acceptors (Lipinski definition) is 4. The number of nitrogens with zero attached hydrogens (tertiary/aromatic N) is 1. The van der Waals surface area contributed by atoms with Crippen LogP contribution < -0.4 is 4.90 Å². The molecule has 28 heavy (non-hydrogen) atoms. The van der Waals surface area contributed by atoms with Crippen LogP contribution in [0.3, 0.4) is 0 Å². The van der Waals surface area contributed by atoms with Crippen LogP contribution in [0.15, 0.2) is 63.9 Å². The second kappa shape index (κ2) is 7.72. The van der Waals surface area contributed by atoms with Gasteiger partial charge in [0.05, 0.1) is 15.6 Å². The Labute approximate surface area is 179 Å². The fourth-order valence-corrected chi connectivity index (χ4v) is 4.33. The first-order chi connectivity index (χ1) is 13.4. The predicted octanol–water partition coefficient (Wildman–Crippen LogP) is 6.80. The van der Waals surface area contributed by atoms with Gasteiger partial charge in [-0.3, -0.25) is 9.69 Å². The van der Waals surface area contributed by atoms with Crippen LogP contribution >= 0.6 is 47.2 Å². The van der Waals surface area contributed by atoms with Gasteiger partial charge < -0.3 is 4.42 Å². The first-order valence-corrected chi connectivity index (χ1v) is 9.99. The minimum Gasteiger partial charge on any atom is -0.457 e. The fraction of sp³-hybridized carbons (Fsp3) is 0. The summed E-state index contributed by atoms with van der Waals surface area (Å²) in [6.45, 7) is 0. The summed E-state index contributed by atoms with van der Waals surface area (Å²) >= 11 is 18.7. The second-order valence-corrected chi connectivity index (χ2v) is 8.34. The molecule has 0 radical (unpaired) electrons. The van der Waals surface area contributed by atoms with Gasteiger partial charge in [0.2, 0.25) is 0 Å². The van der Waals surface area contributed by atoms with Gasteiger partial charge in [0, 0.05) is 16.7 Å². The van der Waals surface area contributed by atoms with Crippen LogP contribution in [0.5, 0.6) is 0 Å². The van der Waals surface area contributed by atoms with Crippen molar-refractivity contribution in [2.75, 3.05) is 4.90 Å². The Morgan fingerprint density at radius 1 is 1.07 bits per heavy atom. The van der Waals surface area contributed by atoms with E-state index in [9.17, 15) is 9.18 Å². The molecule has 3 aromatic rings. The Bertz CT molecular complexity index is 1130. The number of thioether (sulfide) groups is 1. The summed E-state index contributed by atoms with van der Waals surface area (Å²) in [6.07, 6.45) is 1.62. The third-order valence-electron chi connectivity index (χ3n) is 3.97. The van der Waals surface area contributed by atoms with E-state index >= 15 is 0 Å². The summed E-state index contributed by atoms with van der Waals surface area (Å²) < 4.78 is 19.3. The first-order valence-electron chi connectivity index (χ1n) is 8.01. The normalized spacial score (nSPS) is 15.7. The van der Waals surface area contributed by atoms with E-state index in [1.165, 1.54) is 29.2 Å². The van der Waals surface area contributed by atoms with Crippen molar-refractivity contribution in [2.24, 2.45) is 0 Å². The third-order valence-corrected chi connectivity index (χ3v) is 5.84. The summed E-state index contributed by atoms with van der Waals surface area (Å²) in [5, 5.41) is 1.05. The third kappa shape index (κ3) is 3.73. The number of anilines is 1. The van der Waals surface area contributed by atoms with Crippen LogP contribution in [0, 0.1) is 5.82 Å². The van der Waals surface area contributed by atoms with Crippen LogP contribution in [-0.4, -0.2) is 10.2 Å². The van der Waals surface area contributed by atoms with E-state index in [1.807, 2.05) is 0 Å². The SMILES string of the molecule is O=C1/C(=C\c2ccc(-c3cc(Cl)ccc3Cl)o2)SC(=S)N1c1ccc(F)cc1. The minimum atomic E-state index is -0.382.